The lowest BCUT2D eigenvalue weighted by Crippen LogP contribution is -2.53. The quantitative estimate of drug-likeness (QED) is 0.928. The predicted molar refractivity (Wildman–Crippen MR) is 83.9 cm³/mol. The van der Waals surface area contributed by atoms with Crippen LogP contribution in [-0.4, -0.2) is 32.1 Å². The highest BCUT2D eigenvalue weighted by Gasteiger charge is 2.39. The summed E-state index contributed by atoms with van der Waals surface area (Å²) in [6.07, 6.45) is 4.37. The number of hydrogen-bond acceptors (Lipinski definition) is 3. The molecule has 1 saturated heterocycles. The molecule has 0 saturated carbocycles. The average Bonchev–Trinajstić information content (AvgIpc) is 2.53. The van der Waals surface area contributed by atoms with Gasteiger partial charge in [0.25, 0.3) is 0 Å². The first kappa shape index (κ1) is 14.2. The first-order valence-electron chi connectivity index (χ1n) is 7.96. The Morgan fingerprint density at radius 2 is 2.29 bits per heavy atom. The monoisotopic (exact) mass is 288 g/mol. The molecule has 2 aliphatic rings. The molecule has 4 nitrogen and oxygen atoms in total. The number of nitrogens with one attached hydrogen (secondary N) is 1. The molecule has 0 aliphatic carbocycles. The number of carbonyl (C=O) groups is 1. The van der Waals surface area contributed by atoms with Crippen LogP contribution in [0.1, 0.15) is 31.7 Å². The molecule has 1 aromatic carbocycles. The van der Waals surface area contributed by atoms with Gasteiger partial charge < -0.3 is 15.0 Å². The number of benzene rings is 1. The summed E-state index contributed by atoms with van der Waals surface area (Å²) in [6, 6.07) is 6.58. The van der Waals surface area contributed by atoms with Gasteiger partial charge >= 0.3 is 0 Å². The molecule has 0 bridgehead atoms. The third-order valence-electron chi connectivity index (χ3n) is 4.74. The number of carbonyl (C=O) groups excluding carboxylic acids is 1. The zero-order valence-corrected chi connectivity index (χ0v) is 12.9. The summed E-state index contributed by atoms with van der Waals surface area (Å²) in [5, 5.41) is 3.01. The number of piperidine rings is 1. The fourth-order valence-corrected chi connectivity index (χ4v) is 3.73. The summed E-state index contributed by atoms with van der Waals surface area (Å²) >= 11 is 0. The van der Waals surface area contributed by atoms with Crippen LogP contribution < -0.4 is 15.0 Å². The Morgan fingerprint density at radius 3 is 3.05 bits per heavy atom. The van der Waals surface area contributed by atoms with Gasteiger partial charge in [-0.05, 0) is 44.2 Å². The van der Waals surface area contributed by atoms with E-state index in [-0.39, 0.29) is 11.8 Å². The molecule has 21 heavy (non-hydrogen) atoms. The Bertz CT molecular complexity index is 530. The Labute approximate surface area is 126 Å². The fourth-order valence-electron chi connectivity index (χ4n) is 3.73. The first-order chi connectivity index (χ1) is 10.2. The first-order valence-corrected chi connectivity index (χ1v) is 7.96. The lowest BCUT2D eigenvalue weighted by molar-refractivity contribution is -0.125. The van der Waals surface area contributed by atoms with Crippen molar-refractivity contribution in [2.45, 2.75) is 38.6 Å². The highest BCUT2D eigenvalue weighted by Crippen LogP contribution is 2.40. The Hall–Kier alpha value is -1.71. The molecule has 2 atom stereocenters. The number of fused-ring (bicyclic) bond motifs is 3. The molecule has 2 aliphatic heterocycles. The summed E-state index contributed by atoms with van der Waals surface area (Å²) in [5.41, 5.74) is 2.53. The molecule has 114 valence electrons. The zero-order chi connectivity index (χ0) is 14.8. The second kappa shape index (κ2) is 5.96. The van der Waals surface area contributed by atoms with Gasteiger partial charge in [-0.2, -0.15) is 0 Å². The average molecular weight is 288 g/mol. The van der Waals surface area contributed by atoms with E-state index < -0.39 is 0 Å². The van der Waals surface area contributed by atoms with Gasteiger partial charge in [0, 0.05) is 30.9 Å². The minimum Gasteiger partial charge on any atom is -0.497 e. The van der Waals surface area contributed by atoms with Crippen LogP contribution in [0.5, 0.6) is 5.75 Å². The van der Waals surface area contributed by atoms with E-state index in [9.17, 15) is 4.79 Å². The molecular formula is C17H24N2O2. The number of rotatable bonds is 3. The third-order valence-corrected chi connectivity index (χ3v) is 4.74. The number of methoxy groups -OCH3 is 1. The third kappa shape index (κ3) is 2.59. The van der Waals surface area contributed by atoms with Crippen LogP contribution in [0.4, 0.5) is 5.69 Å². The van der Waals surface area contributed by atoms with Crippen LogP contribution >= 0.6 is 0 Å². The number of nitrogens with zero attached hydrogens (tertiary/aromatic N) is 1. The molecule has 0 unspecified atom stereocenters. The van der Waals surface area contributed by atoms with E-state index >= 15 is 0 Å². The molecule has 1 fully saturated rings. The molecule has 3 rings (SSSR count). The number of ether oxygens (including phenoxy) is 1. The lowest BCUT2D eigenvalue weighted by Gasteiger charge is -2.46. The van der Waals surface area contributed by atoms with Crippen molar-refractivity contribution >= 4 is 11.6 Å². The van der Waals surface area contributed by atoms with Gasteiger partial charge in [0.2, 0.25) is 5.91 Å². The van der Waals surface area contributed by atoms with Gasteiger partial charge in [-0.15, -0.1) is 0 Å². The van der Waals surface area contributed by atoms with Gasteiger partial charge in [0.15, 0.2) is 0 Å². The summed E-state index contributed by atoms with van der Waals surface area (Å²) in [7, 11) is 1.70. The maximum atomic E-state index is 12.4. The highest BCUT2D eigenvalue weighted by molar-refractivity contribution is 5.82. The lowest BCUT2D eigenvalue weighted by atomic mass is 9.80. The molecule has 1 N–H and O–H groups in total. The molecule has 0 radical (unpaired) electrons. The molecule has 4 heteroatoms. The van der Waals surface area contributed by atoms with Gasteiger partial charge in [0.05, 0.1) is 13.0 Å². The summed E-state index contributed by atoms with van der Waals surface area (Å²) in [5.74, 6) is 1.18. The molecule has 2 heterocycles. The van der Waals surface area contributed by atoms with Gasteiger partial charge in [-0.3, -0.25) is 4.79 Å². The summed E-state index contributed by atoms with van der Waals surface area (Å²) < 4.78 is 5.37. The minimum absolute atomic E-state index is 0.0751. The minimum atomic E-state index is 0.0751. The normalized spacial score (nSPS) is 24.0. The van der Waals surface area contributed by atoms with Crippen molar-refractivity contribution in [2.75, 3.05) is 25.1 Å². The smallest absolute Gasteiger partial charge is 0.225 e. The van der Waals surface area contributed by atoms with Crippen LogP contribution in [0.2, 0.25) is 0 Å². The highest BCUT2D eigenvalue weighted by atomic mass is 16.5. The van der Waals surface area contributed by atoms with Crippen LogP contribution in [0.3, 0.4) is 0 Å². The van der Waals surface area contributed by atoms with Crippen molar-refractivity contribution in [3.8, 4) is 5.75 Å². The van der Waals surface area contributed by atoms with E-state index in [2.05, 4.69) is 22.3 Å². The molecule has 1 amide bonds. The fraction of sp³-hybridized carbons (Fsp3) is 0.588. The van der Waals surface area contributed by atoms with Gasteiger partial charge in [-0.1, -0.05) is 6.07 Å². The van der Waals surface area contributed by atoms with E-state index in [4.69, 9.17) is 4.74 Å². The van der Waals surface area contributed by atoms with Crippen molar-refractivity contribution in [2.24, 2.45) is 5.92 Å². The number of amides is 1. The van der Waals surface area contributed by atoms with Gasteiger partial charge in [0.1, 0.15) is 5.75 Å². The van der Waals surface area contributed by atoms with Gasteiger partial charge in [-0.25, -0.2) is 0 Å². The van der Waals surface area contributed by atoms with Crippen molar-refractivity contribution in [1.82, 2.24) is 5.32 Å². The molecule has 0 aromatic heterocycles. The second-order valence-electron chi connectivity index (χ2n) is 5.96. The van der Waals surface area contributed by atoms with E-state index in [0.717, 1.165) is 25.1 Å². The molecular weight excluding hydrogens is 264 g/mol. The van der Waals surface area contributed by atoms with E-state index in [1.165, 1.54) is 24.1 Å². The predicted octanol–water partition coefficient (Wildman–Crippen LogP) is 2.36. The molecule has 0 spiro atoms. The second-order valence-corrected chi connectivity index (χ2v) is 5.96. The zero-order valence-electron chi connectivity index (χ0n) is 12.9. The standard InChI is InChI=1S/C17H24N2O2/c1-3-18-17(20)14-10-12-7-8-13(21-2)11-16(12)19-9-5-4-6-15(14)19/h7-8,11,14-15H,3-6,9-10H2,1-2H3,(H,18,20)/t14-,15-/m1/s1. The van der Waals surface area contributed by atoms with Crippen LogP contribution in [0.25, 0.3) is 0 Å². The van der Waals surface area contributed by atoms with Crippen LogP contribution in [-0.2, 0) is 11.2 Å². The van der Waals surface area contributed by atoms with Crippen LogP contribution in [0, 0.1) is 5.92 Å². The summed E-state index contributed by atoms with van der Waals surface area (Å²) in [4.78, 5) is 14.9. The van der Waals surface area contributed by atoms with Crippen molar-refractivity contribution in [1.29, 1.82) is 0 Å². The molecule has 1 aromatic rings. The maximum Gasteiger partial charge on any atom is 0.225 e. The maximum absolute atomic E-state index is 12.4. The van der Waals surface area contributed by atoms with Crippen LogP contribution in [0.15, 0.2) is 18.2 Å². The van der Waals surface area contributed by atoms with Crippen molar-refractivity contribution in [3.63, 3.8) is 0 Å². The Balaban J connectivity index is 1.96. The Morgan fingerprint density at radius 1 is 1.43 bits per heavy atom. The summed E-state index contributed by atoms with van der Waals surface area (Å²) in [6.45, 7) is 3.73. The number of hydrogen-bond donors (Lipinski definition) is 1. The number of anilines is 1. The SMILES string of the molecule is CCNC(=O)[C@@H]1Cc2ccc(OC)cc2N2CCCC[C@H]12. The largest absolute Gasteiger partial charge is 0.497 e. The van der Waals surface area contributed by atoms with E-state index in [1.807, 2.05) is 13.0 Å². The topological polar surface area (TPSA) is 41.6 Å². The van der Waals surface area contributed by atoms with E-state index in [0.29, 0.717) is 12.6 Å². The van der Waals surface area contributed by atoms with Crippen molar-refractivity contribution in [3.05, 3.63) is 23.8 Å². The van der Waals surface area contributed by atoms with E-state index in [1.54, 1.807) is 7.11 Å². The van der Waals surface area contributed by atoms with Crippen molar-refractivity contribution < 1.29 is 9.53 Å². The Kier molecular flexibility index (Phi) is 4.04.